The molecule has 3 aromatic rings. The number of carbonyl (C=O) groups is 1. The van der Waals surface area contributed by atoms with E-state index in [0.717, 1.165) is 30.6 Å². The maximum absolute atomic E-state index is 12.3. The summed E-state index contributed by atoms with van der Waals surface area (Å²) in [7, 11) is 0. The maximum Gasteiger partial charge on any atom is 0.319 e. The van der Waals surface area contributed by atoms with Crippen LogP contribution in [0.4, 0.5) is 10.5 Å². The number of halogens is 1. The number of hydrogen-bond donors (Lipinski definition) is 2. The van der Waals surface area contributed by atoms with Gasteiger partial charge < -0.3 is 15.2 Å². The number of carbonyl (C=O) groups excluding carboxylic acids is 1. The highest BCUT2D eigenvalue weighted by atomic mass is 35.5. The summed E-state index contributed by atoms with van der Waals surface area (Å²) in [5.41, 5.74) is 2.47. The van der Waals surface area contributed by atoms with E-state index in [1.54, 1.807) is 6.07 Å². The summed E-state index contributed by atoms with van der Waals surface area (Å²) in [5.74, 6) is 1.16. The third-order valence-corrected chi connectivity index (χ3v) is 5.39. The SMILES string of the molecule is Cc1c(Cl)cccc1NC(=O)NC1CCN(Cc2noc(-c3ccccc3)n2)C1. The zero-order chi connectivity index (χ0) is 20.2. The van der Waals surface area contributed by atoms with E-state index in [4.69, 9.17) is 16.1 Å². The molecule has 2 aromatic carbocycles. The molecule has 4 rings (SSSR count). The molecule has 29 heavy (non-hydrogen) atoms. The van der Waals surface area contributed by atoms with Gasteiger partial charge in [0.2, 0.25) is 0 Å². The molecule has 8 heteroatoms. The number of hydrogen-bond acceptors (Lipinski definition) is 5. The Bertz CT molecular complexity index is 992. The zero-order valence-electron chi connectivity index (χ0n) is 16.1. The number of nitrogens with one attached hydrogen (secondary N) is 2. The fourth-order valence-corrected chi connectivity index (χ4v) is 3.57. The lowest BCUT2D eigenvalue weighted by Crippen LogP contribution is -2.39. The second-order valence-electron chi connectivity index (χ2n) is 7.11. The summed E-state index contributed by atoms with van der Waals surface area (Å²) in [6, 6.07) is 15.0. The first-order valence-electron chi connectivity index (χ1n) is 9.51. The monoisotopic (exact) mass is 411 g/mol. The van der Waals surface area contributed by atoms with Gasteiger partial charge in [-0.3, -0.25) is 4.90 Å². The van der Waals surface area contributed by atoms with Crippen molar-refractivity contribution in [3.8, 4) is 11.5 Å². The van der Waals surface area contributed by atoms with Crippen molar-refractivity contribution in [1.82, 2.24) is 20.4 Å². The molecule has 1 saturated heterocycles. The molecule has 150 valence electrons. The third-order valence-electron chi connectivity index (χ3n) is 4.98. The first-order valence-corrected chi connectivity index (χ1v) is 9.89. The van der Waals surface area contributed by atoms with Crippen molar-refractivity contribution in [1.29, 1.82) is 0 Å². The van der Waals surface area contributed by atoms with Crippen molar-refractivity contribution in [2.75, 3.05) is 18.4 Å². The highest BCUT2D eigenvalue weighted by molar-refractivity contribution is 6.31. The second-order valence-corrected chi connectivity index (χ2v) is 7.52. The van der Waals surface area contributed by atoms with Gasteiger partial charge in [-0.05, 0) is 43.2 Å². The number of amides is 2. The molecule has 0 radical (unpaired) electrons. The number of nitrogens with zero attached hydrogens (tertiary/aromatic N) is 3. The van der Waals surface area contributed by atoms with Crippen molar-refractivity contribution in [2.45, 2.75) is 25.9 Å². The van der Waals surface area contributed by atoms with Crippen LogP contribution in [0.5, 0.6) is 0 Å². The first kappa shape index (κ1) is 19.4. The predicted octanol–water partition coefficient (Wildman–Crippen LogP) is 4.09. The molecule has 1 aliphatic rings. The van der Waals surface area contributed by atoms with E-state index in [2.05, 4.69) is 25.7 Å². The molecule has 0 aliphatic carbocycles. The molecule has 1 aromatic heterocycles. The van der Waals surface area contributed by atoms with E-state index in [-0.39, 0.29) is 12.1 Å². The number of likely N-dealkylation sites (tertiary alicyclic amines) is 1. The van der Waals surface area contributed by atoms with Crippen LogP contribution in [0.15, 0.2) is 53.1 Å². The Morgan fingerprint density at radius 1 is 1.24 bits per heavy atom. The molecule has 1 unspecified atom stereocenters. The van der Waals surface area contributed by atoms with E-state index in [1.807, 2.05) is 49.4 Å². The predicted molar refractivity (Wildman–Crippen MR) is 112 cm³/mol. The first-order chi connectivity index (χ1) is 14.1. The van der Waals surface area contributed by atoms with Crippen LogP contribution in [0.2, 0.25) is 5.02 Å². The van der Waals surface area contributed by atoms with E-state index in [0.29, 0.717) is 29.0 Å². The second kappa shape index (κ2) is 8.63. The summed E-state index contributed by atoms with van der Waals surface area (Å²) in [5, 5.41) is 10.6. The van der Waals surface area contributed by atoms with Gasteiger partial charge in [0.05, 0.1) is 6.54 Å². The maximum atomic E-state index is 12.3. The van der Waals surface area contributed by atoms with Gasteiger partial charge in [0.1, 0.15) is 0 Å². The molecule has 2 N–H and O–H groups in total. The van der Waals surface area contributed by atoms with E-state index < -0.39 is 0 Å². The molecule has 0 bridgehead atoms. The average molecular weight is 412 g/mol. The summed E-state index contributed by atoms with van der Waals surface area (Å²) in [4.78, 5) is 19.0. The van der Waals surface area contributed by atoms with Crippen LogP contribution in [0.25, 0.3) is 11.5 Å². The fraction of sp³-hybridized carbons (Fsp3) is 0.286. The molecular weight excluding hydrogens is 390 g/mol. The largest absolute Gasteiger partial charge is 0.334 e. The number of anilines is 1. The molecule has 0 spiro atoms. The van der Waals surface area contributed by atoms with Crippen LogP contribution in [-0.4, -0.2) is 40.2 Å². The average Bonchev–Trinajstić information content (AvgIpc) is 3.36. The Labute approximate surface area is 174 Å². The minimum absolute atomic E-state index is 0.0648. The van der Waals surface area contributed by atoms with Crippen LogP contribution in [0.3, 0.4) is 0 Å². The lowest BCUT2D eigenvalue weighted by atomic mass is 10.2. The summed E-state index contributed by atoms with van der Waals surface area (Å²) in [6.07, 6.45) is 0.866. The topological polar surface area (TPSA) is 83.3 Å². The van der Waals surface area contributed by atoms with Crippen molar-refractivity contribution in [3.05, 3.63) is 64.9 Å². The molecule has 0 saturated carbocycles. The van der Waals surface area contributed by atoms with Gasteiger partial charge in [-0.1, -0.05) is 41.0 Å². The minimum Gasteiger partial charge on any atom is -0.334 e. The number of urea groups is 1. The van der Waals surface area contributed by atoms with Crippen LogP contribution >= 0.6 is 11.6 Å². The highest BCUT2D eigenvalue weighted by Gasteiger charge is 2.25. The molecule has 7 nitrogen and oxygen atoms in total. The molecule has 2 amide bonds. The van der Waals surface area contributed by atoms with Gasteiger partial charge in [-0.15, -0.1) is 0 Å². The summed E-state index contributed by atoms with van der Waals surface area (Å²) < 4.78 is 5.36. The lowest BCUT2D eigenvalue weighted by Gasteiger charge is -2.16. The molecule has 1 fully saturated rings. The Hall–Kier alpha value is -2.90. The van der Waals surface area contributed by atoms with Gasteiger partial charge in [0, 0.05) is 35.4 Å². The van der Waals surface area contributed by atoms with Gasteiger partial charge >= 0.3 is 6.03 Å². The van der Waals surface area contributed by atoms with E-state index in [1.165, 1.54) is 0 Å². The van der Waals surface area contributed by atoms with Gasteiger partial charge in [0.25, 0.3) is 5.89 Å². The summed E-state index contributed by atoms with van der Waals surface area (Å²) in [6.45, 7) is 4.06. The zero-order valence-corrected chi connectivity index (χ0v) is 16.8. The number of benzene rings is 2. The fourth-order valence-electron chi connectivity index (χ4n) is 3.40. The molecule has 1 atom stereocenters. The van der Waals surface area contributed by atoms with Crippen molar-refractivity contribution in [3.63, 3.8) is 0 Å². The standard InChI is InChI=1S/C21H22ClN5O2/c1-14-17(22)8-5-9-18(14)24-21(28)23-16-10-11-27(12-16)13-19-25-20(29-26-19)15-6-3-2-4-7-15/h2-9,16H,10-13H2,1H3,(H2,23,24,28). The van der Waals surface area contributed by atoms with Gasteiger partial charge in [0.15, 0.2) is 5.82 Å². The van der Waals surface area contributed by atoms with Crippen molar-refractivity contribution >= 4 is 23.3 Å². The lowest BCUT2D eigenvalue weighted by molar-refractivity contribution is 0.247. The van der Waals surface area contributed by atoms with Crippen LogP contribution in [0.1, 0.15) is 17.8 Å². The summed E-state index contributed by atoms with van der Waals surface area (Å²) >= 11 is 6.11. The smallest absolute Gasteiger partial charge is 0.319 e. The number of aromatic nitrogens is 2. The van der Waals surface area contributed by atoms with Crippen molar-refractivity contribution in [2.24, 2.45) is 0 Å². The minimum atomic E-state index is -0.229. The highest BCUT2D eigenvalue weighted by Crippen LogP contribution is 2.23. The normalized spacial score (nSPS) is 16.7. The quantitative estimate of drug-likeness (QED) is 0.660. The Kier molecular flexibility index (Phi) is 5.78. The molecule has 2 heterocycles. The van der Waals surface area contributed by atoms with Gasteiger partial charge in [-0.25, -0.2) is 4.79 Å². The Balaban J connectivity index is 1.29. The third kappa shape index (κ3) is 4.75. The van der Waals surface area contributed by atoms with Crippen LogP contribution in [-0.2, 0) is 6.54 Å². The Morgan fingerprint density at radius 3 is 2.90 bits per heavy atom. The molecule has 1 aliphatic heterocycles. The van der Waals surface area contributed by atoms with E-state index >= 15 is 0 Å². The van der Waals surface area contributed by atoms with Gasteiger partial charge in [-0.2, -0.15) is 4.98 Å². The molecular formula is C21H22ClN5O2. The Morgan fingerprint density at radius 2 is 2.07 bits per heavy atom. The number of rotatable bonds is 5. The van der Waals surface area contributed by atoms with Crippen molar-refractivity contribution < 1.29 is 9.32 Å². The van der Waals surface area contributed by atoms with E-state index in [9.17, 15) is 4.79 Å². The van der Waals surface area contributed by atoms with Crippen LogP contribution < -0.4 is 10.6 Å². The van der Waals surface area contributed by atoms with Crippen LogP contribution in [0, 0.1) is 6.92 Å².